The third kappa shape index (κ3) is 3.63. The molecule has 2 aliphatic rings. The highest BCUT2D eigenvalue weighted by atomic mass is 16.2. The zero-order chi connectivity index (χ0) is 14.7. The number of hydrogen-bond donors (Lipinski definition) is 2. The minimum atomic E-state index is 0.101. The van der Waals surface area contributed by atoms with E-state index >= 15 is 0 Å². The SMILES string of the molecule is NC1CCN(CC(=O)Nc2cccc3c2CCCC3)CC1. The molecule has 4 heteroatoms. The van der Waals surface area contributed by atoms with Crippen LogP contribution in [0.15, 0.2) is 18.2 Å². The van der Waals surface area contributed by atoms with E-state index in [0.29, 0.717) is 12.6 Å². The molecule has 21 heavy (non-hydrogen) atoms. The van der Waals surface area contributed by atoms with Gasteiger partial charge in [-0.25, -0.2) is 0 Å². The lowest BCUT2D eigenvalue weighted by Crippen LogP contribution is -2.43. The van der Waals surface area contributed by atoms with Gasteiger partial charge in [0.2, 0.25) is 5.91 Å². The van der Waals surface area contributed by atoms with Gasteiger partial charge in [-0.15, -0.1) is 0 Å². The summed E-state index contributed by atoms with van der Waals surface area (Å²) >= 11 is 0. The normalized spacial score (nSPS) is 20.0. The Morgan fingerprint density at radius 1 is 1.24 bits per heavy atom. The summed E-state index contributed by atoms with van der Waals surface area (Å²) in [7, 11) is 0. The Labute approximate surface area is 126 Å². The molecule has 1 aliphatic heterocycles. The first-order chi connectivity index (χ1) is 10.2. The number of piperidine rings is 1. The molecule has 1 fully saturated rings. The van der Waals surface area contributed by atoms with Gasteiger partial charge in [-0.1, -0.05) is 12.1 Å². The maximum atomic E-state index is 12.3. The lowest BCUT2D eigenvalue weighted by molar-refractivity contribution is -0.117. The Kier molecular flexibility index (Phi) is 4.56. The van der Waals surface area contributed by atoms with E-state index in [9.17, 15) is 4.79 Å². The average molecular weight is 287 g/mol. The Hall–Kier alpha value is -1.39. The molecule has 1 aliphatic carbocycles. The number of amides is 1. The molecule has 1 heterocycles. The topological polar surface area (TPSA) is 58.4 Å². The molecular formula is C17H25N3O. The van der Waals surface area contributed by atoms with E-state index in [2.05, 4.69) is 22.3 Å². The molecule has 114 valence electrons. The van der Waals surface area contributed by atoms with Gasteiger partial charge in [0.15, 0.2) is 0 Å². The van der Waals surface area contributed by atoms with Crippen molar-refractivity contribution in [2.24, 2.45) is 5.73 Å². The van der Waals surface area contributed by atoms with Crippen molar-refractivity contribution in [1.82, 2.24) is 4.90 Å². The quantitative estimate of drug-likeness (QED) is 0.893. The smallest absolute Gasteiger partial charge is 0.238 e. The van der Waals surface area contributed by atoms with Gasteiger partial charge in [0, 0.05) is 24.8 Å². The van der Waals surface area contributed by atoms with Gasteiger partial charge in [-0.3, -0.25) is 9.69 Å². The molecule has 0 radical (unpaired) electrons. The largest absolute Gasteiger partial charge is 0.328 e. The summed E-state index contributed by atoms with van der Waals surface area (Å²) < 4.78 is 0. The van der Waals surface area contributed by atoms with E-state index in [1.165, 1.54) is 24.0 Å². The fourth-order valence-corrected chi connectivity index (χ4v) is 3.40. The van der Waals surface area contributed by atoms with E-state index in [1.54, 1.807) is 0 Å². The van der Waals surface area contributed by atoms with E-state index in [4.69, 9.17) is 5.73 Å². The summed E-state index contributed by atoms with van der Waals surface area (Å²) in [6.45, 7) is 2.35. The second-order valence-electron chi connectivity index (χ2n) is 6.31. The van der Waals surface area contributed by atoms with Gasteiger partial charge in [0.05, 0.1) is 6.54 Å². The number of nitrogens with zero attached hydrogens (tertiary/aromatic N) is 1. The molecule has 0 atom stereocenters. The predicted octanol–water partition coefficient (Wildman–Crippen LogP) is 1.93. The number of anilines is 1. The van der Waals surface area contributed by atoms with Crippen LogP contribution in [-0.4, -0.2) is 36.5 Å². The van der Waals surface area contributed by atoms with Gasteiger partial charge >= 0.3 is 0 Å². The van der Waals surface area contributed by atoms with Crippen LogP contribution in [0.5, 0.6) is 0 Å². The van der Waals surface area contributed by atoms with Crippen molar-refractivity contribution in [2.45, 2.75) is 44.6 Å². The summed E-state index contributed by atoms with van der Waals surface area (Å²) in [6.07, 6.45) is 6.71. The maximum Gasteiger partial charge on any atom is 0.238 e. The first-order valence-electron chi connectivity index (χ1n) is 8.11. The molecule has 4 nitrogen and oxygen atoms in total. The van der Waals surface area contributed by atoms with E-state index < -0.39 is 0 Å². The molecule has 0 saturated carbocycles. The number of nitrogens with one attached hydrogen (secondary N) is 1. The fourth-order valence-electron chi connectivity index (χ4n) is 3.40. The molecule has 1 saturated heterocycles. The summed E-state index contributed by atoms with van der Waals surface area (Å²) in [5.41, 5.74) is 9.67. The van der Waals surface area contributed by atoms with Crippen LogP contribution in [0.25, 0.3) is 0 Å². The number of rotatable bonds is 3. The van der Waals surface area contributed by atoms with Crippen molar-refractivity contribution >= 4 is 11.6 Å². The number of aryl methyl sites for hydroxylation is 1. The first kappa shape index (κ1) is 14.5. The molecule has 1 aromatic rings. The molecule has 3 N–H and O–H groups in total. The highest BCUT2D eigenvalue weighted by Crippen LogP contribution is 2.27. The van der Waals surface area contributed by atoms with Crippen molar-refractivity contribution in [3.8, 4) is 0 Å². The fraction of sp³-hybridized carbons (Fsp3) is 0.588. The summed E-state index contributed by atoms with van der Waals surface area (Å²) in [5, 5.41) is 3.12. The molecule has 0 unspecified atom stereocenters. The van der Waals surface area contributed by atoms with Crippen LogP contribution >= 0.6 is 0 Å². The standard InChI is InChI=1S/C17H25N3O/c18-14-8-10-20(11-9-14)12-17(21)19-16-7-3-5-13-4-1-2-6-15(13)16/h3,5,7,14H,1-2,4,6,8-12,18H2,(H,19,21). The van der Waals surface area contributed by atoms with Crippen molar-refractivity contribution in [3.05, 3.63) is 29.3 Å². The van der Waals surface area contributed by atoms with Crippen molar-refractivity contribution < 1.29 is 4.79 Å². The van der Waals surface area contributed by atoms with Gasteiger partial charge in [-0.05, 0) is 55.7 Å². The molecule has 0 aromatic heterocycles. The Morgan fingerprint density at radius 2 is 2.00 bits per heavy atom. The minimum absolute atomic E-state index is 0.101. The monoisotopic (exact) mass is 287 g/mol. The number of benzene rings is 1. The van der Waals surface area contributed by atoms with Gasteiger partial charge < -0.3 is 11.1 Å². The van der Waals surface area contributed by atoms with Crippen molar-refractivity contribution in [3.63, 3.8) is 0 Å². The van der Waals surface area contributed by atoms with Crippen LogP contribution in [-0.2, 0) is 17.6 Å². The second kappa shape index (κ2) is 6.58. The lowest BCUT2D eigenvalue weighted by atomic mass is 9.90. The highest BCUT2D eigenvalue weighted by Gasteiger charge is 2.19. The zero-order valence-corrected chi connectivity index (χ0v) is 12.6. The van der Waals surface area contributed by atoms with E-state index in [0.717, 1.165) is 44.5 Å². The summed E-state index contributed by atoms with van der Waals surface area (Å²) in [5.74, 6) is 0.101. The van der Waals surface area contributed by atoms with Crippen LogP contribution < -0.4 is 11.1 Å². The second-order valence-corrected chi connectivity index (χ2v) is 6.31. The molecule has 1 aromatic carbocycles. The highest BCUT2D eigenvalue weighted by molar-refractivity contribution is 5.93. The van der Waals surface area contributed by atoms with Gasteiger partial charge in [0.1, 0.15) is 0 Å². The Bertz CT molecular complexity index is 507. The predicted molar refractivity (Wildman–Crippen MR) is 85.4 cm³/mol. The minimum Gasteiger partial charge on any atom is -0.328 e. The van der Waals surface area contributed by atoms with E-state index in [1.807, 2.05) is 6.07 Å². The van der Waals surface area contributed by atoms with Gasteiger partial charge in [0.25, 0.3) is 0 Å². The number of hydrogen-bond acceptors (Lipinski definition) is 3. The van der Waals surface area contributed by atoms with E-state index in [-0.39, 0.29) is 5.91 Å². The zero-order valence-electron chi connectivity index (χ0n) is 12.6. The molecule has 0 bridgehead atoms. The number of fused-ring (bicyclic) bond motifs is 1. The number of likely N-dealkylation sites (tertiary alicyclic amines) is 1. The van der Waals surface area contributed by atoms with Crippen LogP contribution in [0.2, 0.25) is 0 Å². The van der Waals surface area contributed by atoms with Crippen molar-refractivity contribution in [2.75, 3.05) is 25.0 Å². The van der Waals surface area contributed by atoms with Crippen LogP contribution in [0, 0.1) is 0 Å². The summed E-state index contributed by atoms with van der Waals surface area (Å²) in [4.78, 5) is 14.5. The third-order valence-electron chi connectivity index (χ3n) is 4.67. The molecular weight excluding hydrogens is 262 g/mol. The molecule has 3 rings (SSSR count). The first-order valence-corrected chi connectivity index (χ1v) is 8.11. The Balaban J connectivity index is 1.60. The Morgan fingerprint density at radius 3 is 2.81 bits per heavy atom. The van der Waals surface area contributed by atoms with Crippen LogP contribution in [0.3, 0.4) is 0 Å². The van der Waals surface area contributed by atoms with Crippen LogP contribution in [0.4, 0.5) is 5.69 Å². The van der Waals surface area contributed by atoms with Gasteiger partial charge in [-0.2, -0.15) is 0 Å². The van der Waals surface area contributed by atoms with Crippen LogP contribution in [0.1, 0.15) is 36.8 Å². The molecule has 1 amide bonds. The van der Waals surface area contributed by atoms with Crippen molar-refractivity contribution in [1.29, 1.82) is 0 Å². The number of carbonyl (C=O) groups excluding carboxylic acids is 1. The maximum absolute atomic E-state index is 12.3. The number of carbonyl (C=O) groups is 1. The lowest BCUT2D eigenvalue weighted by Gasteiger charge is -2.29. The summed E-state index contributed by atoms with van der Waals surface area (Å²) in [6, 6.07) is 6.59. The number of nitrogens with two attached hydrogens (primary N) is 1. The third-order valence-corrected chi connectivity index (χ3v) is 4.67. The molecule has 0 spiro atoms. The average Bonchev–Trinajstić information content (AvgIpc) is 2.50.